The second-order valence-corrected chi connectivity index (χ2v) is 4.05. The van der Waals surface area contributed by atoms with E-state index in [-0.39, 0.29) is 5.54 Å². The van der Waals surface area contributed by atoms with Crippen LogP contribution in [0.4, 0.5) is 0 Å². The third-order valence-electron chi connectivity index (χ3n) is 2.77. The molecule has 0 aromatic carbocycles. The van der Waals surface area contributed by atoms with Crippen molar-refractivity contribution in [2.45, 2.75) is 25.3 Å². The van der Waals surface area contributed by atoms with Gasteiger partial charge in [0, 0.05) is 12.4 Å². The van der Waals surface area contributed by atoms with Crippen molar-refractivity contribution in [1.29, 1.82) is 0 Å². The van der Waals surface area contributed by atoms with Gasteiger partial charge in [-0.1, -0.05) is 0 Å². The second-order valence-electron chi connectivity index (χ2n) is 4.05. The van der Waals surface area contributed by atoms with E-state index in [9.17, 15) is 0 Å². The predicted molar refractivity (Wildman–Crippen MR) is 52.8 cm³/mol. The average Bonchev–Trinajstić information content (AvgIpc) is 2.78. The number of hydrogen-bond acceptors (Lipinski definition) is 3. The summed E-state index contributed by atoms with van der Waals surface area (Å²) in [6.45, 7) is 1.98. The van der Waals surface area contributed by atoms with Crippen LogP contribution < -0.4 is 5.73 Å². The van der Waals surface area contributed by atoms with E-state index in [4.69, 9.17) is 5.73 Å². The van der Waals surface area contributed by atoms with Gasteiger partial charge in [-0.15, -0.1) is 0 Å². The zero-order valence-corrected chi connectivity index (χ0v) is 8.07. The molecular formula is C10H12N4. The quantitative estimate of drug-likeness (QED) is 0.726. The molecule has 0 spiro atoms. The third-order valence-corrected chi connectivity index (χ3v) is 2.77. The van der Waals surface area contributed by atoms with E-state index in [0.717, 1.165) is 29.7 Å². The zero-order valence-electron chi connectivity index (χ0n) is 8.07. The van der Waals surface area contributed by atoms with E-state index >= 15 is 0 Å². The first-order valence-corrected chi connectivity index (χ1v) is 4.79. The molecule has 1 saturated carbocycles. The third kappa shape index (κ3) is 0.974. The van der Waals surface area contributed by atoms with Crippen LogP contribution in [0.2, 0.25) is 0 Å². The minimum atomic E-state index is -0.186. The van der Waals surface area contributed by atoms with Crippen molar-refractivity contribution in [3.63, 3.8) is 0 Å². The topological polar surface area (TPSA) is 56.2 Å². The average molecular weight is 188 g/mol. The summed E-state index contributed by atoms with van der Waals surface area (Å²) in [5, 5.41) is 4.34. The number of aromatic nitrogens is 3. The Bertz CT molecular complexity index is 496. The molecule has 0 bridgehead atoms. The molecule has 1 aliphatic rings. The lowest BCUT2D eigenvalue weighted by Gasteiger charge is -2.08. The second kappa shape index (κ2) is 2.33. The highest BCUT2D eigenvalue weighted by Crippen LogP contribution is 2.43. The lowest BCUT2D eigenvalue weighted by Crippen LogP contribution is -2.21. The molecule has 2 heterocycles. The molecule has 0 aliphatic heterocycles. The van der Waals surface area contributed by atoms with Crippen LogP contribution >= 0.6 is 0 Å². The van der Waals surface area contributed by atoms with E-state index in [1.807, 2.05) is 23.7 Å². The fraction of sp³-hybridized carbons (Fsp3) is 0.400. The molecule has 2 aromatic heterocycles. The number of fused-ring (bicyclic) bond motifs is 1. The lowest BCUT2D eigenvalue weighted by atomic mass is 10.1. The minimum Gasteiger partial charge on any atom is -0.320 e. The van der Waals surface area contributed by atoms with Crippen LogP contribution in [0.15, 0.2) is 18.5 Å². The molecule has 0 unspecified atom stereocenters. The summed E-state index contributed by atoms with van der Waals surface area (Å²) in [4.78, 5) is 4.37. The summed E-state index contributed by atoms with van der Waals surface area (Å²) in [5.74, 6) is 0. The largest absolute Gasteiger partial charge is 0.320 e. The SMILES string of the molecule is Cc1cc2c(C3(N)CC3)nccn2n1. The summed E-state index contributed by atoms with van der Waals surface area (Å²) in [7, 11) is 0. The van der Waals surface area contributed by atoms with Gasteiger partial charge in [0.05, 0.1) is 22.4 Å². The molecule has 4 nitrogen and oxygen atoms in total. The van der Waals surface area contributed by atoms with E-state index in [1.54, 1.807) is 6.20 Å². The summed E-state index contributed by atoms with van der Waals surface area (Å²) in [6, 6.07) is 2.04. The smallest absolute Gasteiger partial charge is 0.0898 e. The first-order chi connectivity index (χ1) is 6.69. The van der Waals surface area contributed by atoms with Gasteiger partial charge < -0.3 is 5.73 Å². The Morgan fingerprint density at radius 3 is 3.00 bits per heavy atom. The molecule has 1 aliphatic carbocycles. The zero-order chi connectivity index (χ0) is 9.76. The van der Waals surface area contributed by atoms with Crippen LogP contribution in [0.3, 0.4) is 0 Å². The fourth-order valence-electron chi connectivity index (χ4n) is 1.80. The van der Waals surface area contributed by atoms with E-state index in [2.05, 4.69) is 10.1 Å². The van der Waals surface area contributed by atoms with Crippen molar-refractivity contribution in [2.75, 3.05) is 0 Å². The molecule has 0 amide bonds. The highest BCUT2D eigenvalue weighted by molar-refractivity contribution is 5.56. The van der Waals surface area contributed by atoms with Gasteiger partial charge in [-0.2, -0.15) is 5.10 Å². The lowest BCUT2D eigenvalue weighted by molar-refractivity contribution is 0.705. The first kappa shape index (κ1) is 7.94. The molecule has 4 heteroatoms. The van der Waals surface area contributed by atoms with Gasteiger partial charge in [-0.3, -0.25) is 4.98 Å². The molecule has 2 N–H and O–H groups in total. The highest BCUT2D eigenvalue weighted by atomic mass is 15.2. The van der Waals surface area contributed by atoms with Gasteiger partial charge >= 0.3 is 0 Å². The van der Waals surface area contributed by atoms with E-state index in [1.165, 1.54) is 0 Å². The van der Waals surface area contributed by atoms with Gasteiger partial charge in [0.1, 0.15) is 0 Å². The molecule has 14 heavy (non-hydrogen) atoms. The van der Waals surface area contributed by atoms with Crippen LogP contribution in [-0.4, -0.2) is 14.6 Å². The first-order valence-electron chi connectivity index (χ1n) is 4.79. The molecule has 2 aromatic rings. The van der Waals surface area contributed by atoms with Crippen molar-refractivity contribution in [3.8, 4) is 0 Å². The molecule has 72 valence electrons. The van der Waals surface area contributed by atoms with E-state index in [0.29, 0.717) is 0 Å². The highest BCUT2D eigenvalue weighted by Gasteiger charge is 2.43. The molecule has 0 radical (unpaired) electrons. The van der Waals surface area contributed by atoms with Gasteiger partial charge in [0.2, 0.25) is 0 Å². The number of rotatable bonds is 1. The maximum atomic E-state index is 6.14. The van der Waals surface area contributed by atoms with Crippen molar-refractivity contribution in [3.05, 3.63) is 29.8 Å². The molecular weight excluding hydrogens is 176 g/mol. The Balaban J connectivity index is 2.32. The number of nitrogens with zero attached hydrogens (tertiary/aromatic N) is 3. The van der Waals surface area contributed by atoms with Crippen LogP contribution in [0.25, 0.3) is 5.52 Å². The minimum absolute atomic E-state index is 0.186. The van der Waals surface area contributed by atoms with Gasteiger partial charge in [-0.25, -0.2) is 4.52 Å². The Labute approximate surface area is 81.8 Å². The number of nitrogens with two attached hydrogens (primary N) is 1. The fourth-order valence-corrected chi connectivity index (χ4v) is 1.80. The standard InChI is InChI=1S/C10H12N4/c1-7-6-8-9(10(11)2-3-10)12-4-5-14(8)13-7/h4-6H,2-3,11H2,1H3. The maximum absolute atomic E-state index is 6.14. The van der Waals surface area contributed by atoms with Crippen molar-refractivity contribution >= 4 is 5.52 Å². The van der Waals surface area contributed by atoms with Crippen LogP contribution in [-0.2, 0) is 5.54 Å². The summed E-state index contributed by atoms with van der Waals surface area (Å²) in [6.07, 6.45) is 5.69. The van der Waals surface area contributed by atoms with E-state index < -0.39 is 0 Å². The Morgan fingerprint density at radius 1 is 1.50 bits per heavy atom. The monoisotopic (exact) mass is 188 g/mol. The Hall–Kier alpha value is -1.42. The van der Waals surface area contributed by atoms with Crippen molar-refractivity contribution in [2.24, 2.45) is 5.73 Å². The Kier molecular flexibility index (Phi) is 1.32. The maximum Gasteiger partial charge on any atom is 0.0898 e. The number of hydrogen-bond donors (Lipinski definition) is 1. The van der Waals surface area contributed by atoms with Crippen LogP contribution in [0, 0.1) is 6.92 Å². The van der Waals surface area contributed by atoms with Crippen LogP contribution in [0.1, 0.15) is 24.2 Å². The van der Waals surface area contributed by atoms with Crippen molar-refractivity contribution < 1.29 is 0 Å². The summed E-state index contributed by atoms with van der Waals surface area (Å²) < 4.78 is 1.85. The molecule has 1 fully saturated rings. The summed E-state index contributed by atoms with van der Waals surface area (Å²) in [5.41, 5.74) is 8.99. The van der Waals surface area contributed by atoms with Gasteiger partial charge in [-0.05, 0) is 25.8 Å². The molecule has 0 saturated heterocycles. The Morgan fingerprint density at radius 2 is 2.29 bits per heavy atom. The normalized spacial score (nSPS) is 18.7. The van der Waals surface area contributed by atoms with Crippen molar-refractivity contribution in [1.82, 2.24) is 14.6 Å². The molecule has 3 rings (SSSR count). The van der Waals surface area contributed by atoms with Gasteiger partial charge in [0.25, 0.3) is 0 Å². The van der Waals surface area contributed by atoms with Crippen LogP contribution in [0.5, 0.6) is 0 Å². The summed E-state index contributed by atoms with van der Waals surface area (Å²) >= 11 is 0. The predicted octanol–water partition coefficient (Wildman–Crippen LogP) is 0.986. The number of aryl methyl sites for hydroxylation is 1. The van der Waals surface area contributed by atoms with Gasteiger partial charge in [0.15, 0.2) is 0 Å². The molecule has 0 atom stereocenters.